The molecular formula is C15H15FN2O. The number of para-hydroxylation sites is 1. The predicted molar refractivity (Wildman–Crippen MR) is 74.7 cm³/mol. The van der Waals surface area contributed by atoms with Crippen molar-refractivity contribution in [2.45, 2.75) is 6.92 Å². The number of rotatable bonds is 4. The molecule has 0 aliphatic carbocycles. The largest absolute Gasteiger partial charge is 0.376 e. The minimum Gasteiger partial charge on any atom is -0.376 e. The van der Waals surface area contributed by atoms with Gasteiger partial charge in [-0.2, -0.15) is 0 Å². The Morgan fingerprint density at radius 2 is 1.84 bits per heavy atom. The fourth-order valence-corrected chi connectivity index (χ4v) is 1.61. The summed E-state index contributed by atoms with van der Waals surface area (Å²) in [7, 11) is 0. The van der Waals surface area contributed by atoms with Crippen molar-refractivity contribution in [2.24, 2.45) is 0 Å². The van der Waals surface area contributed by atoms with Crippen LogP contribution in [0.4, 0.5) is 15.8 Å². The van der Waals surface area contributed by atoms with Gasteiger partial charge in [0.2, 0.25) is 5.91 Å². The normalized spacial score (nSPS) is 10.0. The molecule has 2 aromatic carbocycles. The second-order valence-electron chi connectivity index (χ2n) is 4.23. The minimum atomic E-state index is -0.284. The molecule has 0 heterocycles. The van der Waals surface area contributed by atoms with Crippen LogP contribution in [0.25, 0.3) is 0 Å². The lowest BCUT2D eigenvalue weighted by atomic mass is 10.2. The summed E-state index contributed by atoms with van der Waals surface area (Å²) in [5, 5.41) is 5.62. The van der Waals surface area contributed by atoms with Gasteiger partial charge in [0.1, 0.15) is 5.82 Å². The number of carbonyl (C=O) groups is 1. The van der Waals surface area contributed by atoms with Crippen LogP contribution >= 0.6 is 0 Å². The van der Waals surface area contributed by atoms with E-state index in [1.54, 1.807) is 19.1 Å². The maximum atomic E-state index is 13.3. The van der Waals surface area contributed by atoms with E-state index in [0.717, 1.165) is 5.69 Å². The van der Waals surface area contributed by atoms with Crippen molar-refractivity contribution >= 4 is 17.3 Å². The standard InChI is InChI=1S/C15H15FN2O/c1-11-7-8-13(9-14(11)16)17-10-15(19)18-12-5-3-2-4-6-12/h2-9,17H,10H2,1H3,(H,18,19). The molecule has 0 unspecified atom stereocenters. The SMILES string of the molecule is Cc1ccc(NCC(=O)Nc2ccccc2)cc1F. The molecule has 0 atom stereocenters. The van der Waals surface area contributed by atoms with Crippen LogP contribution < -0.4 is 10.6 Å². The van der Waals surface area contributed by atoms with E-state index in [4.69, 9.17) is 0 Å². The highest BCUT2D eigenvalue weighted by molar-refractivity contribution is 5.93. The van der Waals surface area contributed by atoms with E-state index < -0.39 is 0 Å². The average molecular weight is 258 g/mol. The maximum absolute atomic E-state index is 13.3. The molecule has 0 saturated carbocycles. The van der Waals surface area contributed by atoms with E-state index in [-0.39, 0.29) is 18.3 Å². The first-order valence-electron chi connectivity index (χ1n) is 6.00. The summed E-state index contributed by atoms with van der Waals surface area (Å²) in [5.41, 5.74) is 1.91. The van der Waals surface area contributed by atoms with Crippen LogP contribution in [0.15, 0.2) is 48.5 Å². The van der Waals surface area contributed by atoms with E-state index >= 15 is 0 Å². The van der Waals surface area contributed by atoms with Crippen LogP contribution in [-0.4, -0.2) is 12.5 Å². The number of anilines is 2. The van der Waals surface area contributed by atoms with Crippen molar-refractivity contribution < 1.29 is 9.18 Å². The molecule has 0 radical (unpaired) electrons. The number of hydrogen-bond donors (Lipinski definition) is 2. The summed E-state index contributed by atoms with van der Waals surface area (Å²) in [6.45, 7) is 1.79. The monoisotopic (exact) mass is 258 g/mol. The fourth-order valence-electron chi connectivity index (χ4n) is 1.61. The topological polar surface area (TPSA) is 41.1 Å². The molecule has 0 fully saturated rings. The lowest BCUT2D eigenvalue weighted by molar-refractivity contribution is -0.114. The van der Waals surface area contributed by atoms with Gasteiger partial charge in [0.15, 0.2) is 0 Å². The number of amides is 1. The van der Waals surface area contributed by atoms with Crippen LogP contribution in [0.3, 0.4) is 0 Å². The fraction of sp³-hybridized carbons (Fsp3) is 0.133. The van der Waals surface area contributed by atoms with Crippen molar-refractivity contribution in [1.29, 1.82) is 0 Å². The molecule has 0 spiro atoms. The zero-order valence-corrected chi connectivity index (χ0v) is 10.6. The zero-order valence-electron chi connectivity index (χ0n) is 10.6. The summed E-state index contributed by atoms with van der Waals surface area (Å²) in [5.74, 6) is -0.458. The molecule has 3 nitrogen and oxygen atoms in total. The third kappa shape index (κ3) is 3.81. The Bertz CT molecular complexity index is 570. The maximum Gasteiger partial charge on any atom is 0.243 e. The molecule has 1 amide bonds. The number of nitrogens with one attached hydrogen (secondary N) is 2. The molecule has 98 valence electrons. The third-order valence-electron chi connectivity index (χ3n) is 2.68. The third-order valence-corrected chi connectivity index (χ3v) is 2.68. The molecule has 0 aliphatic rings. The van der Waals surface area contributed by atoms with Gasteiger partial charge in [0.25, 0.3) is 0 Å². The predicted octanol–water partition coefficient (Wildman–Crippen LogP) is 3.18. The average Bonchev–Trinajstić information content (AvgIpc) is 2.41. The summed E-state index contributed by atoms with van der Waals surface area (Å²) >= 11 is 0. The number of benzene rings is 2. The van der Waals surface area contributed by atoms with E-state index in [1.165, 1.54) is 6.07 Å². The Labute approximate surface area is 111 Å². The Balaban J connectivity index is 1.88. The Kier molecular flexibility index (Phi) is 4.13. The molecule has 2 aromatic rings. The second-order valence-corrected chi connectivity index (χ2v) is 4.23. The van der Waals surface area contributed by atoms with Gasteiger partial charge in [-0.1, -0.05) is 24.3 Å². The molecular weight excluding hydrogens is 243 g/mol. The Morgan fingerprint density at radius 1 is 1.11 bits per heavy atom. The number of halogens is 1. The number of aryl methyl sites for hydroxylation is 1. The van der Waals surface area contributed by atoms with Gasteiger partial charge < -0.3 is 10.6 Å². The molecule has 0 saturated heterocycles. The highest BCUT2D eigenvalue weighted by Gasteiger charge is 2.03. The van der Waals surface area contributed by atoms with Crippen LogP contribution in [0, 0.1) is 12.7 Å². The Morgan fingerprint density at radius 3 is 2.53 bits per heavy atom. The van der Waals surface area contributed by atoms with E-state index in [2.05, 4.69) is 10.6 Å². The van der Waals surface area contributed by atoms with Gasteiger partial charge >= 0.3 is 0 Å². The molecule has 4 heteroatoms. The first-order valence-corrected chi connectivity index (χ1v) is 6.00. The summed E-state index contributed by atoms with van der Waals surface area (Å²) in [6, 6.07) is 14.0. The highest BCUT2D eigenvalue weighted by atomic mass is 19.1. The van der Waals surface area contributed by atoms with Crippen molar-refractivity contribution in [1.82, 2.24) is 0 Å². The van der Waals surface area contributed by atoms with Gasteiger partial charge in [-0.3, -0.25) is 4.79 Å². The quantitative estimate of drug-likeness (QED) is 0.884. The molecule has 19 heavy (non-hydrogen) atoms. The van der Waals surface area contributed by atoms with Crippen LogP contribution in [0.2, 0.25) is 0 Å². The van der Waals surface area contributed by atoms with Crippen molar-refractivity contribution in [2.75, 3.05) is 17.2 Å². The van der Waals surface area contributed by atoms with Gasteiger partial charge in [0, 0.05) is 11.4 Å². The second kappa shape index (κ2) is 6.00. The van der Waals surface area contributed by atoms with Gasteiger partial charge in [-0.25, -0.2) is 4.39 Å². The lowest BCUT2D eigenvalue weighted by Crippen LogP contribution is -2.21. The Hall–Kier alpha value is -2.36. The summed E-state index contributed by atoms with van der Waals surface area (Å²) < 4.78 is 13.3. The van der Waals surface area contributed by atoms with Crippen molar-refractivity contribution in [3.8, 4) is 0 Å². The van der Waals surface area contributed by atoms with E-state index in [9.17, 15) is 9.18 Å². The lowest BCUT2D eigenvalue weighted by Gasteiger charge is -2.08. The molecule has 2 N–H and O–H groups in total. The van der Waals surface area contributed by atoms with E-state index in [0.29, 0.717) is 11.3 Å². The molecule has 2 rings (SSSR count). The highest BCUT2D eigenvalue weighted by Crippen LogP contribution is 2.13. The van der Waals surface area contributed by atoms with Crippen LogP contribution in [0.5, 0.6) is 0 Å². The molecule has 0 aliphatic heterocycles. The van der Waals surface area contributed by atoms with E-state index in [1.807, 2.05) is 30.3 Å². The number of hydrogen-bond acceptors (Lipinski definition) is 2. The van der Waals surface area contributed by atoms with Crippen LogP contribution in [-0.2, 0) is 4.79 Å². The van der Waals surface area contributed by atoms with Gasteiger partial charge in [-0.15, -0.1) is 0 Å². The molecule has 0 aromatic heterocycles. The first kappa shape index (κ1) is 13.1. The smallest absolute Gasteiger partial charge is 0.243 e. The van der Waals surface area contributed by atoms with Crippen molar-refractivity contribution in [3.05, 3.63) is 59.9 Å². The molecule has 0 bridgehead atoms. The van der Waals surface area contributed by atoms with Gasteiger partial charge in [0.05, 0.1) is 6.54 Å². The number of carbonyl (C=O) groups excluding carboxylic acids is 1. The summed E-state index contributed by atoms with van der Waals surface area (Å²) in [4.78, 5) is 11.7. The minimum absolute atomic E-state index is 0.0946. The van der Waals surface area contributed by atoms with Gasteiger partial charge in [-0.05, 0) is 36.8 Å². The van der Waals surface area contributed by atoms with Crippen LogP contribution in [0.1, 0.15) is 5.56 Å². The first-order chi connectivity index (χ1) is 9.15. The zero-order chi connectivity index (χ0) is 13.7. The van der Waals surface area contributed by atoms with Crippen molar-refractivity contribution in [3.63, 3.8) is 0 Å². The summed E-state index contributed by atoms with van der Waals surface area (Å²) in [6.07, 6.45) is 0.